The molecule has 0 unspecified atom stereocenters. The number of carbonyl (C=O) groups is 2. The first kappa shape index (κ1) is 36.6. The van der Waals surface area contributed by atoms with Gasteiger partial charge in [-0.2, -0.15) is 13.2 Å². The zero-order chi connectivity index (χ0) is 34.3. The molecule has 0 fully saturated rings. The van der Waals surface area contributed by atoms with Crippen molar-refractivity contribution in [3.8, 4) is 11.1 Å². The molecule has 0 spiro atoms. The van der Waals surface area contributed by atoms with Crippen LogP contribution in [0.2, 0.25) is 0 Å². The third-order valence-electron chi connectivity index (χ3n) is 7.20. The molecule has 46 heavy (non-hydrogen) atoms. The third-order valence-corrected chi connectivity index (χ3v) is 10.4. The Balaban J connectivity index is 2.02. The lowest BCUT2D eigenvalue weighted by Crippen LogP contribution is -2.56. The number of nitrogens with one attached hydrogen (secondary N) is 1. The van der Waals surface area contributed by atoms with Crippen molar-refractivity contribution in [3.05, 3.63) is 84.2 Å². The van der Waals surface area contributed by atoms with E-state index in [2.05, 4.69) is 9.71 Å². The molecule has 1 aromatic heterocycles. The number of hydrogen-bond donors (Lipinski definition) is 2. The molecule has 16 heteroatoms. The summed E-state index contributed by atoms with van der Waals surface area (Å²) in [6.07, 6.45) is -3.39. The summed E-state index contributed by atoms with van der Waals surface area (Å²) < 4.78 is 97.1. The van der Waals surface area contributed by atoms with E-state index in [-0.39, 0.29) is 14.9 Å². The summed E-state index contributed by atoms with van der Waals surface area (Å²) in [4.78, 5) is 29.6. The van der Waals surface area contributed by atoms with Crippen LogP contribution in [0.4, 0.5) is 13.2 Å². The zero-order valence-electron chi connectivity index (χ0n) is 25.3. The van der Waals surface area contributed by atoms with Crippen molar-refractivity contribution in [1.29, 1.82) is 0 Å². The summed E-state index contributed by atoms with van der Waals surface area (Å²) in [7, 11) is -8.63. The van der Waals surface area contributed by atoms with Crippen molar-refractivity contribution in [2.75, 3.05) is 18.8 Å². The highest BCUT2D eigenvalue weighted by Crippen LogP contribution is 2.36. The van der Waals surface area contributed by atoms with E-state index in [1.807, 2.05) is 0 Å². The monoisotopic (exact) mass is 684 g/mol. The highest BCUT2D eigenvalue weighted by Gasteiger charge is 2.49. The van der Waals surface area contributed by atoms with Gasteiger partial charge in [0.2, 0.25) is 20.0 Å². The van der Waals surface area contributed by atoms with Crippen LogP contribution in [0, 0.1) is 12.8 Å². The van der Waals surface area contributed by atoms with Gasteiger partial charge in [0.05, 0.1) is 16.7 Å². The number of carboxylic acid groups (broad SMARTS) is 1. The van der Waals surface area contributed by atoms with Gasteiger partial charge in [-0.3, -0.25) is 19.6 Å². The number of aryl methyl sites for hydroxylation is 1. The van der Waals surface area contributed by atoms with E-state index >= 15 is 0 Å². The van der Waals surface area contributed by atoms with Crippen LogP contribution in [0.1, 0.15) is 43.9 Å². The van der Waals surface area contributed by atoms with E-state index in [0.29, 0.717) is 10.6 Å². The largest absolute Gasteiger partial charge is 0.480 e. The number of nitrogens with zero attached hydrogens (tertiary/aromatic N) is 3. The van der Waals surface area contributed by atoms with Crippen LogP contribution < -0.4 is 4.72 Å². The molecule has 0 aliphatic heterocycles. The van der Waals surface area contributed by atoms with Crippen LogP contribution in [-0.2, 0) is 29.6 Å². The Hall–Kier alpha value is -3.86. The first-order valence-electron chi connectivity index (χ1n) is 14.2. The quantitative estimate of drug-likeness (QED) is 0.175. The molecule has 3 aromatic rings. The van der Waals surface area contributed by atoms with Crippen LogP contribution >= 0.6 is 0 Å². The van der Waals surface area contributed by atoms with Crippen LogP contribution in [0.15, 0.2) is 78.0 Å². The lowest BCUT2D eigenvalue weighted by atomic mass is 9.96. The van der Waals surface area contributed by atoms with Gasteiger partial charge in [-0.05, 0) is 80.1 Å². The number of halogens is 3. The number of alkyl halides is 3. The molecule has 0 bridgehead atoms. The SMILES string of the molecule is CCS(=O)(=O)N(CC(=O)O)N(C(=O)[C@H](CCCNS(=O)(=O)c1ccccc1)C(F)(F)F)[C@@H](C)c1cccc(-c2ccncc2C)c1. The van der Waals surface area contributed by atoms with Crippen molar-refractivity contribution in [3.63, 3.8) is 0 Å². The lowest BCUT2D eigenvalue weighted by molar-refractivity contribution is -0.199. The molecule has 2 aromatic carbocycles. The number of benzene rings is 2. The fourth-order valence-corrected chi connectivity index (χ4v) is 6.94. The Morgan fingerprint density at radius 1 is 1.02 bits per heavy atom. The molecular weight excluding hydrogens is 649 g/mol. The van der Waals surface area contributed by atoms with Crippen molar-refractivity contribution < 1.29 is 44.7 Å². The molecule has 1 amide bonds. The van der Waals surface area contributed by atoms with Gasteiger partial charge in [-0.1, -0.05) is 40.8 Å². The standard InChI is InChI=1S/C30H35F3N4O7S2/c1-4-45(41,42)36(20-28(38)39)37(22(3)23-10-8-11-24(18-23)26-15-17-34-19-21(26)2)29(40)27(30(31,32)33)14-9-16-35-46(43,44)25-12-6-5-7-13-25/h5-8,10-13,15,17-19,22,27,35H,4,9,14,16,20H2,1-3H3,(H,38,39)/t22-,27-/m0/s1. The van der Waals surface area contributed by atoms with Gasteiger partial charge >= 0.3 is 12.1 Å². The Morgan fingerprint density at radius 2 is 1.70 bits per heavy atom. The van der Waals surface area contributed by atoms with Crippen molar-refractivity contribution in [2.45, 2.75) is 50.7 Å². The first-order chi connectivity index (χ1) is 21.5. The van der Waals surface area contributed by atoms with Gasteiger partial charge in [0, 0.05) is 18.9 Å². The van der Waals surface area contributed by atoms with Gasteiger partial charge in [0.25, 0.3) is 5.91 Å². The second-order valence-corrected chi connectivity index (χ2v) is 14.3. The first-order valence-corrected chi connectivity index (χ1v) is 17.3. The van der Waals surface area contributed by atoms with Crippen LogP contribution in [0.5, 0.6) is 0 Å². The maximum absolute atomic E-state index is 14.5. The number of carboxylic acids is 1. The maximum Gasteiger partial charge on any atom is 0.400 e. The smallest absolute Gasteiger partial charge is 0.400 e. The zero-order valence-corrected chi connectivity index (χ0v) is 26.9. The number of pyridine rings is 1. The Morgan fingerprint density at radius 3 is 2.28 bits per heavy atom. The summed E-state index contributed by atoms with van der Waals surface area (Å²) in [6.45, 7) is 2.51. The number of amides is 1. The minimum atomic E-state index is -5.19. The van der Waals surface area contributed by atoms with Gasteiger partial charge < -0.3 is 5.11 Å². The van der Waals surface area contributed by atoms with Crippen LogP contribution in [-0.4, -0.2) is 73.2 Å². The van der Waals surface area contributed by atoms with E-state index in [0.717, 1.165) is 11.1 Å². The topological polar surface area (TPSA) is 154 Å². The molecule has 11 nitrogen and oxygen atoms in total. The molecule has 2 N–H and O–H groups in total. The summed E-state index contributed by atoms with van der Waals surface area (Å²) in [5.74, 6) is -6.88. The van der Waals surface area contributed by atoms with Gasteiger partial charge in [0.1, 0.15) is 12.5 Å². The minimum Gasteiger partial charge on any atom is -0.480 e. The molecule has 0 radical (unpaired) electrons. The Labute approximate surface area is 266 Å². The average molecular weight is 685 g/mol. The fraction of sp³-hybridized carbons (Fsp3) is 0.367. The van der Waals surface area contributed by atoms with E-state index in [1.54, 1.807) is 49.6 Å². The number of carbonyl (C=O) groups excluding carboxylic acids is 1. The highest BCUT2D eigenvalue weighted by molar-refractivity contribution is 7.89. The van der Waals surface area contributed by atoms with E-state index in [9.17, 15) is 44.7 Å². The second-order valence-electron chi connectivity index (χ2n) is 10.4. The van der Waals surface area contributed by atoms with E-state index in [4.69, 9.17) is 0 Å². The average Bonchev–Trinajstić information content (AvgIpc) is 3.00. The van der Waals surface area contributed by atoms with Crippen molar-refractivity contribution in [2.24, 2.45) is 5.92 Å². The fourth-order valence-electron chi connectivity index (χ4n) is 4.75. The van der Waals surface area contributed by atoms with Gasteiger partial charge in [-0.25, -0.2) is 21.6 Å². The van der Waals surface area contributed by atoms with Gasteiger partial charge in [-0.15, -0.1) is 0 Å². The number of hydrazine groups is 1. The summed E-state index contributed by atoms with van der Waals surface area (Å²) in [5.41, 5.74) is 2.36. The number of hydrogen-bond acceptors (Lipinski definition) is 7. The van der Waals surface area contributed by atoms with Gasteiger partial charge in [0.15, 0.2) is 0 Å². The predicted molar refractivity (Wildman–Crippen MR) is 164 cm³/mol. The predicted octanol–water partition coefficient (Wildman–Crippen LogP) is 4.54. The Kier molecular flexibility index (Phi) is 12.1. The summed E-state index contributed by atoms with van der Waals surface area (Å²) >= 11 is 0. The minimum absolute atomic E-state index is 0.100. The van der Waals surface area contributed by atoms with E-state index < -0.39 is 81.7 Å². The molecule has 0 saturated heterocycles. The number of aliphatic carboxylic acids is 1. The summed E-state index contributed by atoms with van der Waals surface area (Å²) in [6, 6.07) is 13.9. The molecule has 1 heterocycles. The maximum atomic E-state index is 14.5. The molecular formula is C30H35F3N4O7S2. The van der Waals surface area contributed by atoms with Crippen molar-refractivity contribution >= 4 is 31.9 Å². The number of aromatic nitrogens is 1. The number of rotatable bonds is 15. The number of sulfonamides is 2. The van der Waals surface area contributed by atoms with Crippen molar-refractivity contribution in [1.82, 2.24) is 19.1 Å². The molecule has 0 aliphatic rings. The van der Waals surface area contributed by atoms with E-state index in [1.165, 1.54) is 44.2 Å². The van der Waals surface area contributed by atoms with Crippen LogP contribution in [0.25, 0.3) is 11.1 Å². The molecule has 0 aliphatic carbocycles. The normalized spacial score (nSPS) is 13.7. The third kappa shape index (κ3) is 9.11. The summed E-state index contributed by atoms with van der Waals surface area (Å²) in [5, 5.41) is 9.90. The molecule has 3 rings (SSSR count). The van der Waals surface area contributed by atoms with Crippen LogP contribution in [0.3, 0.4) is 0 Å². The second kappa shape index (κ2) is 15.2. The molecule has 250 valence electrons. The highest BCUT2D eigenvalue weighted by atomic mass is 32.2. The Bertz CT molecular complexity index is 1740. The lowest BCUT2D eigenvalue weighted by Gasteiger charge is -2.39. The molecule has 2 atom stereocenters. The molecule has 0 saturated carbocycles.